The number of rotatable bonds is 5. The minimum atomic E-state index is -5.56. The lowest BCUT2D eigenvalue weighted by molar-refractivity contribution is -0.298. The van der Waals surface area contributed by atoms with E-state index in [1.54, 1.807) is 13.8 Å². The quantitative estimate of drug-likeness (QED) is 0.584. The lowest BCUT2D eigenvalue weighted by atomic mass is 9.98. The van der Waals surface area contributed by atoms with Crippen molar-refractivity contribution in [1.82, 2.24) is 0 Å². The monoisotopic (exact) mass is 252 g/mol. The third kappa shape index (κ3) is 5.01. The number of ether oxygens (including phenoxy) is 1. The highest BCUT2D eigenvalue weighted by Crippen LogP contribution is 2.35. The van der Waals surface area contributed by atoms with Gasteiger partial charge in [0.25, 0.3) is 0 Å². The van der Waals surface area contributed by atoms with Gasteiger partial charge in [-0.1, -0.05) is 13.8 Å². The van der Waals surface area contributed by atoms with Crippen molar-refractivity contribution in [2.45, 2.75) is 25.9 Å². The van der Waals surface area contributed by atoms with Crippen LogP contribution in [0, 0.1) is 5.41 Å². The second kappa shape index (κ2) is 4.86. The third-order valence-corrected chi connectivity index (χ3v) is 2.47. The molecule has 0 aromatic heterocycles. The summed E-state index contributed by atoms with van der Waals surface area (Å²) < 4.78 is 64.1. The second-order valence-electron chi connectivity index (χ2n) is 4.02. The van der Waals surface area contributed by atoms with E-state index in [2.05, 4.69) is 17.4 Å². The van der Waals surface area contributed by atoms with Gasteiger partial charge in [0.15, 0.2) is 0 Å². The number of hydrogen-bond acceptors (Lipinski definition) is 2. The van der Waals surface area contributed by atoms with Crippen LogP contribution in [0.4, 0.5) is 22.0 Å². The van der Waals surface area contributed by atoms with Gasteiger partial charge in [-0.25, -0.2) is 0 Å². The topological polar surface area (TPSA) is 9.23 Å². The van der Waals surface area contributed by atoms with Crippen LogP contribution >= 0.6 is 12.6 Å². The number of thiol groups is 1. The fourth-order valence-corrected chi connectivity index (χ4v) is 0.674. The summed E-state index contributed by atoms with van der Waals surface area (Å²) in [5.74, 6) is -4.45. The van der Waals surface area contributed by atoms with E-state index in [-0.39, 0.29) is 6.61 Å². The van der Waals surface area contributed by atoms with Crippen LogP contribution in [0.1, 0.15) is 13.8 Å². The molecule has 0 N–H and O–H groups in total. The SMILES string of the molecule is CC(C)(CS)COCC(F)(F)C(F)(F)F. The predicted octanol–water partition coefficient (Wildman–Crippen LogP) is 3.16. The van der Waals surface area contributed by atoms with E-state index in [1.165, 1.54) is 0 Å². The molecule has 0 heterocycles. The van der Waals surface area contributed by atoms with E-state index in [1.807, 2.05) is 0 Å². The van der Waals surface area contributed by atoms with Crippen LogP contribution in [0.15, 0.2) is 0 Å². The Balaban J connectivity index is 4.07. The van der Waals surface area contributed by atoms with E-state index < -0.39 is 24.1 Å². The van der Waals surface area contributed by atoms with Crippen molar-refractivity contribution in [1.29, 1.82) is 0 Å². The fourth-order valence-electron chi connectivity index (χ4n) is 0.583. The first-order valence-electron chi connectivity index (χ1n) is 4.15. The minimum Gasteiger partial charge on any atom is -0.374 e. The Bertz CT molecular complexity index is 202. The zero-order valence-corrected chi connectivity index (χ0v) is 9.26. The van der Waals surface area contributed by atoms with Crippen molar-refractivity contribution < 1.29 is 26.7 Å². The maximum absolute atomic E-state index is 12.3. The average molecular weight is 252 g/mol. The molecule has 0 atom stereocenters. The van der Waals surface area contributed by atoms with Gasteiger partial charge in [0.05, 0.1) is 6.61 Å². The van der Waals surface area contributed by atoms with Crippen molar-refractivity contribution in [3.05, 3.63) is 0 Å². The maximum atomic E-state index is 12.3. The van der Waals surface area contributed by atoms with Crippen LogP contribution in [-0.2, 0) is 4.74 Å². The smallest absolute Gasteiger partial charge is 0.374 e. The number of alkyl halides is 5. The Kier molecular flexibility index (Phi) is 4.85. The van der Waals surface area contributed by atoms with E-state index >= 15 is 0 Å². The summed E-state index contributed by atoms with van der Waals surface area (Å²) in [6.45, 7) is 1.48. The van der Waals surface area contributed by atoms with Crippen LogP contribution in [-0.4, -0.2) is 31.1 Å². The van der Waals surface area contributed by atoms with Crippen molar-refractivity contribution in [3.63, 3.8) is 0 Å². The molecule has 1 nitrogen and oxygen atoms in total. The van der Waals surface area contributed by atoms with Gasteiger partial charge >= 0.3 is 12.1 Å². The zero-order chi connectivity index (χ0) is 12.3. The van der Waals surface area contributed by atoms with Crippen LogP contribution < -0.4 is 0 Å². The summed E-state index contributed by atoms with van der Waals surface area (Å²) in [5, 5.41) is 0. The van der Waals surface area contributed by atoms with Gasteiger partial charge in [-0.15, -0.1) is 0 Å². The predicted molar refractivity (Wildman–Crippen MR) is 49.5 cm³/mol. The highest BCUT2D eigenvalue weighted by atomic mass is 32.1. The van der Waals surface area contributed by atoms with E-state index in [0.29, 0.717) is 5.75 Å². The molecule has 92 valence electrons. The maximum Gasteiger partial charge on any atom is 0.455 e. The van der Waals surface area contributed by atoms with Crippen molar-refractivity contribution in [3.8, 4) is 0 Å². The summed E-state index contributed by atoms with van der Waals surface area (Å²) in [6, 6.07) is 0. The molecule has 0 bridgehead atoms. The molecule has 7 heteroatoms. The van der Waals surface area contributed by atoms with Crippen molar-refractivity contribution in [2.24, 2.45) is 5.41 Å². The molecule has 15 heavy (non-hydrogen) atoms. The molecule has 0 fully saturated rings. The van der Waals surface area contributed by atoms with E-state index in [0.717, 1.165) is 0 Å². The van der Waals surface area contributed by atoms with Gasteiger partial charge < -0.3 is 4.74 Å². The first-order chi connectivity index (χ1) is 6.52. The molecule has 0 saturated heterocycles. The van der Waals surface area contributed by atoms with Gasteiger partial charge in [0, 0.05) is 0 Å². The standard InChI is InChI=1S/C8H13F5OS/c1-6(2,5-15)3-14-4-7(9,10)8(11,12)13/h15H,3-5H2,1-2H3. The van der Waals surface area contributed by atoms with Crippen LogP contribution in [0.2, 0.25) is 0 Å². The molecule has 0 saturated carbocycles. The van der Waals surface area contributed by atoms with E-state index in [4.69, 9.17) is 0 Å². The molecule has 0 radical (unpaired) electrons. The third-order valence-electron chi connectivity index (χ3n) is 1.62. The molecular weight excluding hydrogens is 239 g/mol. The molecule has 0 aromatic rings. The van der Waals surface area contributed by atoms with Gasteiger partial charge in [0.2, 0.25) is 0 Å². The van der Waals surface area contributed by atoms with Crippen LogP contribution in [0.25, 0.3) is 0 Å². The molecule has 0 aliphatic carbocycles. The lowest BCUT2D eigenvalue weighted by Gasteiger charge is -2.24. The molecule has 0 aliphatic heterocycles. The Morgan fingerprint density at radius 1 is 1.00 bits per heavy atom. The Labute approximate surface area is 90.4 Å². The van der Waals surface area contributed by atoms with Crippen molar-refractivity contribution in [2.75, 3.05) is 19.0 Å². The minimum absolute atomic E-state index is 0.192. The molecule has 0 aliphatic rings. The van der Waals surface area contributed by atoms with Gasteiger partial charge in [-0.3, -0.25) is 0 Å². The number of halogens is 5. The Morgan fingerprint density at radius 2 is 1.47 bits per heavy atom. The fraction of sp³-hybridized carbons (Fsp3) is 1.00. The van der Waals surface area contributed by atoms with Gasteiger partial charge in [-0.2, -0.15) is 34.6 Å². The van der Waals surface area contributed by atoms with Crippen LogP contribution in [0.5, 0.6) is 0 Å². The summed E-state index contributed by atoms with van der Waals surface area (Å²) in [5.41, 5.74) is -0.523. The number of hydrogen-bond donors (Lipinski definition) is 1. The molecule has 0 spiro atoms. The Morgan fingerprint density at radius 3 is 1.80 bits per heavy atom. The highest BCUT2D eigenvalue weighted by Gasteiger charge is 2.57. The highest BCUT2D eigenvalue weighted by molar-refractivity contribution is 7.80. The zero-order valence-electron chi connectivity index (χ0n) is 8.37. The molecule has 0 rings (SSSR count). The van der Waals surface area contributed by atoms with Gasteiger partial charge in [-0.05, 0) is 11.2 Å². The second-order valence-corrected chi connectivity index (χ2v) is 4.33. The largest absolute Gasteiger partial charge is 0.455 e. The van der Waals surface area contributed by atoms with Crippen LogP contribution in [0.3, 0.4) is 0 Å². The lowest BCUT2D eigenvalue weighted by Crippen LogP contribution is -2.41. The summed E-state index contributed by atoms with van der Waals surface area (Å²) in [7, 11) is 0. The average Bonchev–Trinajstić information content (AvgIpc) is 2.01. The molecule has 0 amide bonds. The van der Waals surface area contributed by atoms with Crippen molar-refractivity contribution >= 4 is 12.6 Å². The molecule has 0 aromatic carbocycles. The normalized spacial score (nSPS) is 14.4. The first kappa shape index (κ1) is 15.0. The Hall–Kier alpha value is -0.0400. The summed E-state index contributed by atoms with van der Waals surface area (Å²) in [4.78, 5) is 0. The summed E-state index contributed by atoms with van der Waals surface area (Å²) >= 11 is 3.91. The molecule has 0 unspecified atom stereocenters. The summed E-state index contributed by atoms with van der Waals surface area (Å²) in [6.07, 6.45) is -5.56. The van der Waals surface area contributed by atoms with Gasteiger partial charge in [0.1, 0.15) is 6.61 Å². The molecular formula is C8H13F5OS. The van der Waals surface area contributed by atoms with E-state index in [9.17, 15) is 22.0 Å². The first-order valence-corrected chi connectivity index (χ1v) is 4.78.